The van der Waals surface area contributed by atoms with Crippen LogP contribution in [-0.4, -0.2) is 87.5 Å². The van der Waals surface area contributed by atoms with Gasteiger partial charge in [-0.15, -0.1) is 0 Å². The molecule has 1 heterocycles. The number of carbonyl (C=O) groups is 1. The van der Waals surface area contributed by atoms with Gasteiger partial charge in [0.1, 0.15) is 24.4 Å². The summed E-state index contributed by atoms with van der Waals surface area (Å²) in [7, 11) is 0. The lowest BCUT2D eigenvalue weighted by Crippen LogP contribution is -2.60. The Labute approximate surface area is 482 Å². The zero-order valence-electron chi connectivity index (χ0n) is 51.2. The molecule has 1 rings (SSSR count). The van der Waals surface area contributed by atoms with Gasteiger partial charge in [-0.25, -0.2) is 0 Å². The highest BCUT2D eigenvalue weighted by Crippen LogP contribution is 2.24. The number of ether oxygens (including phenoxy) is 2. The molecule has 78 heavy (non-hydrogen) atoms. The van der Waals surface area contributed by atoms with Gasteiger partial charge in [0.05, 0.1) is 25.4 Å². The second-order valence-electron chi connectivity index (χ2n) is 23.6. The quantitative estimate of drug-likeness (QED) is 0.0261. The molecule has 0 spiro atoms. The minimum absolute atomic E-state index is 0.134. The highest BCUT2D eigenvalue weighted by Gasteiger charge is 2.44. The van der Waals surface area contributed by atoms with Gasteiger partial charge in [0.25, 0.3) is 0 Å². The molecule has 0 aromatic heterocycles. The van der Waals surface area contributed by atoms with Crippen LogP contribution in [0.2, 0.25) is 0 Å². The summed E-state index contributed by atoms with van der Waals surface area (Å²) in [5.74, 6) is -0.138. The summed E-state index contributed by atoms with van der Waals surface area (Å²) in [6, 6.07) is -0.718. The molecule has 9 heteroatoms. The molecule has 0 aliphatic carbocycles. The van der Waals surface area contributed by atoms with E-state index in [0.29, 0.717) is 12.8 Å². The summed E-state index contributed by atoms with van der Waals surface area (Å²) in [6.07, 6.45) is 71.7. The van der Waals surface area contributed by atoms with E-state index in [0.717, 1.165) is 64.2 Å². The van der Waals surface area contributed by atoms with E-state index in [9.17, 15) is 30.3 Å². The minimum atomic E-state index is -1.55. The molecule has 458 valence electrons. The average molecular weight is 1100 g/mol. The van der Waals surface area contributed by atoms with Crippen LogP contribution in [0, 0.1) is 0 Å². The van der Waals surface area contributed by atoms with Crippen LogP contribution in [0.25, 0.3) is 0 Å². The molecule has 0 bridgehead atoms. The molecule has 1 saturated heterocycles. The van der Waals surface area contributed by atoms with Crippen molar-refractivity contribution in [1.82, 2.24) is 5.32 Å². The molecular weight excluding hydrogens is 971 g/mol. The summed E-state index contributed by atoms with van der Waals surface area (Å²) in [5.41, 5.74) is 0. The van der Waals surface area contributed by atoms with Gasteiger partial charge in [-0.1, -0.05) is 319 Å². The zero-order chi connectivity index (χ0) is 56.5. The highest BCUT2D eigenvalue weighted by atomic mass is 16.7. The van der Waals surface area contributed by atoms with E-state index in [1.54, 1.807) is 0 Å². The molecular formula is C69H129NO8. The Kier molecular flexibility index (Phi) is 55.5. The number of aliphatic hydroxyl groups is 5. The Morgan fingerprint density at radius 2 is 0.795 bits per heavy atom. The molecule has 0 aromatic rings. The second-order valence-corrected chi connectivity index (χ2v) is 23.6. The molecule has 6 N–H and O–H groups in total. The minimum Gasteiger partial charge on any atom is -0.394 e. The third kappa shape index (κ3) is 46.7. The number of aliphatic hydroxyl groups excluding tert-OH is 5. The van der Waals surface area contributed by atoms with Crippen molar-refractivity contribution in [1.29, 1.82) is 0 Å². The lowest BCUT2D eigenvalue weighted by Gasteiger charge is -2.40. The van der Waals surface area contributed by atoms with Gasteiger partial charge < -0.3 is 40.3 Å². The Hall–Kier alpha value is -1.85. The third-order valence-corrected chi connectivity index (χ3v) is 16.2. The van der Waals surface area contributed by atoms with Gasteiger partial charge in [0.15, 0.2) is 6.29 Å². The Balaban J connectivity index is 2.08. The number of nitrogens with one attached hydrogen (secondary N) is 1. The van der Waals surface area contributed by atoms with Crippen molar-refractivity contribution in [3.05, 3.63) is 48.6 Å². The van der Waals surface area contributed by atoms with Crippen LogP contribution in [0.4, 0.5) is 0 Å². The summed E-state index contributed by atoms with van der Waals surface area (Å²) in [6.45, 7) is 3.77. The third-order valence-electron chi connectivity index (χ3n) is 16.2. The highest BCUT2D eigenvalue weighted by molar-refractivity contribution is 5.76. The predicted octanol–water partition coefficient (Wildman–Crippen LogP) is 18.0. The zero-order valence-corrected chi connectivity index (χ0v) is 51.2. The first-order valence-electron chi connectivity index (χ1n) is 33.8. The lowest BCUT2D eigenvalue weighted by molar-refractivity contribution is -0.302. The molecule has 1 amide bonds. The molecule has 0 saturated carbocycles. The largest absolute Gasteiger partial charge is 0.394 e. The average Bonchev–Trinajstić information content (AvgIpc) is 3.45. The number of amides is 1. The molecule has 1 aliphatic rings. The van der Waals surface area contributed by atoms with E-state index in [-0.39, 0.29) is 12.5 Å². The summed E-state index contributed by atoms with van der Waals surface area (Å²) >= 11 is 0. The van der Waals surface area contributed by atoms with Crippen molar-refractivity contribution >= 4 is 5.91 Å². The molecule has 9 nitrogen and oxygen atoms in total. The van der Waals surface area contributed by atoms with Crippen molar-refractivity contribution in [2.45, 2.75) is 371 Å². The van der Waals surface area contributed by atoms with Gasteiger partial charge in [-0.2, -0.15) is 0 Å². The molecule has 0 radical (unpaired) electrons. The van der Waals surface area contributed by atoms with Crippen LogP contribution in [0.15, 0.2) is 48.6 Å². The first-order chi connectivity index (χ1) is 38.3. The maximum absolute atomic E-state index is 13.1. The van der Waals surface area contributed by atoms with E-state index >= 15 is 0 Å². The van der Waals surface area contributed by atoms with Crippen LogP contribution < -0.4 is 5.32 Å². The van der Waals surface area contributed by atoms with Gasteiger partial charge >= 0.3 is 0 Å². The van der Waals surface area contributed by atoms with Crippen molar-refractivity contribution in [3.8, 4) is 0 Å². The maximum atomic E-state index is 13.1. The number of unbranched alkanes of at least 4 members (excludes halogenated alkanes) is 41. The first kappa shape index (κ1) is 74.2. The number of carbonyl (C=O) groups excluding carboxylic acids is 1. The fourth-order valence-electron chi connectivity index (χ4n) is 10.9. The molecule has 0 aromatic carbocycles. The number of allylic oxidation sites excluding steroid dienone is 8. The van der Waals surface area contributed by atoms with Gasteiger partial charge in [0.2, 0.25) is 5.91 Å². The predicted molar refractivity (Wildman–Crippen MR) is 332 cm³/mol. The van der Waals surface area contributed by atoms with E-state index in [4.69, 9.17) is 9.47 Å². The van der Waals surface area contributed by atoms with E-state index in [1.165, 1.54) is 238 Å². The van der Waals surface area contributed by atoms with Crippen LogP contribution in [0.3, 0.4) is 0 Å². The van der Waals surface area contributed by atoms with E-state index in [2.05, 4.69) is 67.8 Å². The van der Waals surface area contributed by atoms with E-state index < -0.39 is 49.5 Å². The fourth-order valence-corrected chi connectivity index (χ4v) is 10.9. The molecule has 1 aliphatic heterocycles. The topological polar surface area (TPSA) is 149 Å². The first-order valence-corrected chi connectivity index (χ1v) is 33.8. The van der Waals surface area contributed by atoms with Crippen LogP contribution in [-0.2, 0) is 14.3 Å². The fraction of sp³-hybridized carbons (Fsp3) is 0.870. The SMILES string of the molecule is CC/C=C\C/C=C\C/C=C\C/C=C\CCCCCCCCCCCCCCCCCCCCCCCCC(=O)NC(COC1OC(CO)C(O)C(O)C1O)C(O)CCCCCCCCCCCCCCCCCCCCCC. The Morgan fingerprint density at radius 3 is 1.18 bits per heavy atom. The monoisotopic (exact) mass is 1100 g/mol. The molecule has 1 fully saturated rings. The summed E-state index contributed by atoms with van der Waals surface area (Å²) in [4.78, 5) is 13.1. The van der Waals surface area contributed by atoms with Crippen molar-refractivity contribution in [2.24, 2.45) is 0 Å². The van der Waals surface area contributed by atoms with Crippen LogP contribution >= 0.6 is 0 Å². The van der Waals surface area contributed by atoms with E-state index in [1.807, 2.05) is 0 Å². The maximum Gasteiger partial charge on any atom is 0.220 e. The molecule has 7 atom stereocenters. The van der Waals surface area contributed by atoms with Crippen LogP contribution in [0.1, 0.15) is 328 Å². The molecule has 7 unspecified atom stereocenters. The smallest absolute Gasteiger partial charge is 0.220 e. The normalized spacial score (nSPS) is 18.9. The van der Waals surface area contributed by atoms with Crippen LogP contribution in [0.5, 0.6) is 0 Å². The number of hydrogen-bond acceptors (Lipinski definition) is 8. The number of rotatable bonds is 59. The summed E-state index contributed by atoms with van der Waals surface area (Å²) in [5, 5.41) is 54.9. The van der Waals surface area contributed by atoms with Crippen molar-refractivity contribution in [2.75, 3.05) is 13.2 Å². The Bertz CT molecular complexity index is 1370. The van der Waals surface area contributed by atoms with Gasteiger partial charge in [-0.05, 0) is 51.4 Å². The summed E-state index contributed by atoms with van der Waals surface area (Å²) < 4.78 is 11.4. The Morgan fingerprint density at radius 1 is 0.449 bits per heavy atom. The lowest BCUT2D eigenvalue weighted by atomic mass is 9.99. The van der Waals surface area contributed by atoms with Gasteiger partial charge in [-0.3, -0.25) is 4.79 Å². The van der Waals surface area contributed by atoms with Crippen molar-refractivity contribution < 1.29 is 39.8 Å². The van der Waals surface area contributed by atoms with Gasteiger partial charge in [0, 0.05) is 6.42 Å². The standard InChI is InChI=1S/C69H129NO8/c1-3-5-7-9-11-13-15-17-19-21-23-25-26-27-28-29-30-31-32-33-34-35-36-37-38-39-41-43-45-47-49-51-53-55-57-59-65(73)70-62(61-77-69-68(76)67(75)66(74)64(60-71)78-69)63(72)58-56-54-52-50-48-46-44-42-40-24-22-20-18-16-14-12-10-8-6-4-2/h5,7,11,13,17,19,23,25,62-64,66-69,71-72,74-76H,3-4,6,8-10,12,14-16,18,20-22,24,26-61H2,1-2H3,(H,70,73)/b7-5-,13-11-,19-17-,25-23-. The second kappa shape index (κ2) is 58.4. The van der Waals surface area contributed by atoms with Crippen molar-refractivity contribution in [3.63, 3.8) is 0 Å². The number of hydrogen-bond donors (Lipinski definition) is 6.